The third-order valence-corrected chi connectivity index (χ3v) is 4.52. The molecular weight excluding hydrogens is 294 g/mol. The molecule has 2 heteroatoms. The number of unbranched alkanes of at least 4 members (excludes halogenated alkanes) is 14. The van der Waals surface area contributed by atoms with Crippen molar-refractivity contribution >= 4 is 5.91 Å². The molecule has 0 atom stereocenters. The van der Waals surface area contributed by atoms with Crippen molar-refractivity contribution in [3.8, 4) is 0 Å². The Labute approximate surface area is 152 Å². The summed E-state index contributed by atoms with van der Waals surface area (Å²) in [7, 11) is 0. The van der Waals surface area contributed by atoms with Crippen LogP contribution < -0.4 is 5.32 Å². The summed E-state index contributed by atoms with van der Waals surface area (Å²) < 4.78 is 0. The summed E-state index contributed by atoms with van der Waals surface area (Å²) in [6.07, 6.45) is 21.2. The van der Waals surface area contributed by atoms with Crippen molar-refractivity contribution in [3.63, 3.8) is 0 Å². The van der Waals surface area contributed by atoms with Crippen LogP contribution in [0.2, 0.25) is 0 Å². The van der Waals surface area contributed by atoms with E-state index in [1.807, 2.05) is 20.8 Å². The highest BCUT2D eigenvalue weighted by Gasteiger charge is 2.12. The number of hydrogen-bond acceptors (Lipinski definition) is 1. The van der Waals surface area contributed by atoms with Gasteiger partial charge in [-0.05, 0) is 27.2 Å². The fourth-order valence-electron chi connectivity index (χ4n) is 3.14. The third-order valence-electron chi connectivity index (χ3n) is 4.52. The standard InChI is InChI=1S/C22H45NO/c1-5-6-7-8-9-10-11-12-13-14-15-16-17-18-19-20-21(24)23-22(2,3)4/h5-20H2,1-4H3,(H,23,24). The smallest absolute Gasteiger partial charge is 0.220 e. The SMILES string of the molecule is CCCCCCCCCCCCCCCCCC(=O)NC(C)(C)C. The highest BCUT2D eigenvalue weighted by molar-refractivity contribution is 5.76. The molecule has 0 radical (unpaired) electrons. The van der Waals surface area contributed by atoms with Gasteiger partial charge in [-0.3, -0.25) is 4.79 Å². The normalized spacial score (nSPS) is 11.7. The van der Waals surface area contributed by atoms with Crippen LogP contribution in [0.1, 0.15) is 130 Å². The molecule has 0 aromatic heterocycles. The van der Waals surface area contributed by atoms with E-state index in [1.165, 1.54) is 89.9 Å². The average molecular weight is 340 g/mol. The molecule has 0 aliphatic carbocycles. The number of nitrogens with one attached hydrogen (secondary N) is 1. The first-order chi connectivity index (χ1) is 11.5. The Morgan fingerprint density at radius 3 is 1.29 bits per heavy atom. The van der Waals surface area contributed by atoms with E-state index in [0.717, 1.165) is 6.42 Å². The number of carbonyl (C=O) groups excluding carboxylic acids is 1. The summed E-state index contributed by atoms with van der Waals surface area (Å²) >= 11 is 0. The van der Waals surface area contributed by atoms with Gasteiger partial charge in [0, 0.05) is 12.0 Å². The molecule has 0 aliphatic heterocycles. The van der Waals surface area contributed by atoms with Crippen molar-refractivity contribution in [3.05, 3.63) is 0 Å². The molecule has 0 aliphatic rings. The van der Waals surface area contributed by atoms with Crippen LogP contribution in [0.3, 0.4) is 0 Å². The highest BCUT2D eigenvalue weighted by atomic mass is 16.1. The van der Waals surface area contributed by atoms with E-state index in [-0.39, 0.29) is 11.4 Å². The maximum absolute atomic E-state index is 11.7. The van der Waals surface area contributed by atoms with Gasteiger partial charge in [0.1, 0.15) is 0 Å². The summed E-state index contributed by atoms with van der Waals surface area (Å²) in [4.78, 5) is 11.7. The lowest BCUT2D eigenvalue weighted by Gasteiger charge is -2.20. The molecule has 0 saturated carbocycles. The van der Waals surface area contributed by atoms with Gasteiger partial charge in [-0.1, -0.05) is 96.8 Å². The maximum Gasteiger partial charge on any atom is 0.220 e. The Balaban J connectivity index is 3.14. The first-order valence-corrected chi connectivity index (χ1v) is 10.8. The monoisotopic (exact) mass is 339 g/mol. The lowest BCUT2D eigenvalue weighted by molar-refractivity contribution is -0.122. The Bertz CT molecular complexity index is 280. The Kier molecular flexibility index (Phi) is 15.6. The predicted octanol–water partition coefficient (Wildman–Crippen LogP) is 7.16. The highest BCUT2D eigenvalue weighted by Crippen LogP contribution is 2.13. The summed E-state index contributed by atoms with van der Waals surface area (Å²) in [5.41, 5.74) is -0.0907. The van der Waals surface area contributed by atoms with Crippen molar-refractivity contribution in [2.75, 3.05) is 0 Å². The molecule has 144 valence electrons. The van der Waals surface area contributed by atoms with Crippen molar-refractivity contribution < 1.29 is 4.79 Å². The zero-order valence-electron chi connectivity index (χ0n) is 17.2. The molecule has 24 heavy (non-hydrogen) atoms. The topological polar surface area (TPSA) is 29.1 Å². The molecule has 2 nitrogen and oxygen atoms in total. The predicted molar refractivity (Wildman–Crippen MR) is 107 cm³/mol. The summed E-state index contributed by atoms with van der Waals surface area (Å²) in [5.74, 6) is 0.206. The lowest BCUT2D eigenvalue weighted by atomic mass is 10.0. The van der Waals surface area contributed by atoms with Gasteiger partial charge in [0.05, 0.1) is 0 Å². The number of amides is 1. The van der Waals surface area contributed by atoms with Crippen molar-refractivity contribution in [2.24, 2.45) is 0 Å². The van der Waals surface area contributed by atoms with Crippen LogP contribution in [0.4, 0.5) is 0 Å². The molecule has 0 bridgehead atoms. The second-order valence-electron chi connectivity index (χ2n) is 8.50. The summed E-state index contributed by atoms with van der Waals surface area (Å²) in [6, 6.07) is 0. The van der Waals surface area contributed by atoms with Crippen molar-refractivity contribution in [1.29, 1.82) is 0 Å². The van der Waals surface area contributed by atoms with Crippen LogP contribution in [0.15, 0.2) is 0 Å². The molecule has 1 N–H and O–H groups in total. The van der Waals surface area contributed by atoms with Crippen LogP contribution in [0, 0.1) is 0 Å². The Morgan fingerprint density at radius 1 is 0.625 bits per heavy atom. The van der Waals surface area contributed by atoms with Crippen LogP contribution >= 0.6 is 0 Å². The fraction of sp³-hybridized carbons (Fsp3) is 0.955. The van der Waals surface area contributed by atoms with E-state index in [9.17, 15) is 4.79 Å². The molecule has 0 aromatic carbocycles. The largest absolute Gasteiger partial charge is 0.352 e. The number of carbonyl (C=O) groups is 1. The molecule has 0 heterocycles. The molecule has 1 amide bonds. The summed E-state index contributed by atoms with van der Waals surface area (Å²) in [6.45, 7) is 8.40. The van der Waals surface area contributed by atoms with Gasteiger partial charge in [-0.25, -0.2) is 0 Å². The molecule has 0 spiro atoms. The minimum Gasteiger partial charge on any atom is -0.352 e. The Hall–Kier alpha value is -0.530. The van der Waals surface area contributed by atoms with Gasteiger partial charge in [0.15, 0.2) is 0 Å². The van der Waals surface area contributed by atoms with Gasteiger partial charge < -0.3 is 5.32 Å². The van der Waals surface area contributed by atoms with Gasteiger partial charge in [0.25, 0.3) is 0 Å². The molecule has 0 fully saturated rings. The molecule has 0 unspecified atom stereocenters. The van der Waals surface area contributed by atoms with Crippen LogP contribution in [-0.2, 0) is 4.79 Å². The second kappa shape index (κ2) is 16.0. The van der Waals surface area contributed by atoms with Crippen LogP contribution in [-0.4, -0.2) is 11.4 Å². The second-order valence-corrected chi connectivity index (χ2v) is 8.50. The Morgan fingerprint density at radius 2 is 0.958 bits per heavy atom. The maximum atomic E-state index is 11.7. The summed E-state index contributed by atoms with van der Waals surface area (Å²) in [5, 5.41) is 3.03. The molecule has 0 aromatic rings. The van der Waals surface area contributed by atoms with E-state index in [4.69, 9.17) is 0 Å². The van der Waals surface area contributed by atoms with E-state index in [2.05, 4.69) is 12.2 Å². The molecular formula is C22H45NO. The first kappa shape index (κ1) is 23.5. The minimum absolute atomic E-state index is 0.0907. The van der Waals surface area contributed by atoms with Crippen LogP contribution in [0.5, 0.6) is 0 Å². The van der Waals surface area contributed by atoms with Gasteiger partial charge in [-0.2, -0.15) is 0 Å². The fourth-order valence-corrected chi connectivity index (χ4v) is 3.14. The van der Waals surface area contributed by atoms with Gasteiger partial charge >= 0.3 is 0 Å². The zero-order chi connectivity index (χ0) is 18.1. The first-order valence-electron chi connectivity index (χ1n) is 10.8. The quantitative estimate of drug-likeness (QED) is 0.297. The van der Waals surface area contributed by atoms with E-state index < -0.39 is 0 Å². The van der Waals surface area contributed by atoms with E-state index in [0.29, 0.717) is 6.42 Å². The lowest BCUT2D eigenvalue weighted by Crippen LogP contribution is -2.40. The van der Waals surface area contributed by atoms with Gasteiger partial charge in [0.2, 0.25) is 5.91 Å². The van der Waals surface area contributed by atoms with Gasteiger partial charge in [-0.15, -0.1) is 0 Å². The van der Waals surface area contributed by atoms with E-state index >= 15 is 0 Å². The van der Waals surface area contributed by atoms with Crippen molar-refractivity contribution in [2.45, 2.75) is 136 Å². The zero-order valence-corrected chi connectivity index (χ0v) is 17.2. The number of hydrogen-bond donors (Lipinski definition) is 1. The molecule has 0 saturated heterocycles. The minimum atomic E-state index is -0.0907. The number of rotatable bonds is 16. The average Bonchev–Trinajstić information content (AvgIpc) is 2.49. The molecule has 0 rings (SSSR count). The third kappa shape index (κ3) is 19.5. The van der Waals surface area contributed by atoms with Crippen molar-refractivity contribution in [1.82, 2.24) is 5.32 Å². The van der Waals surface area contributed by atoms with E-state index in [1.54, 1.807) is 0 Å². The van der Waals surface area contributed by atoms with Crippen LogP contribution in [0.25, 0.3) is 0 Å².